The Morgan fingerprint density at radius 2 is 1.81 bits per heavy atom. The van der Waals surface area contributed by atoms with Crippen LogP contribution in [0.25, 0.3) is 0 Å². The molecule has 2 aromatic rings. The van der Waals surface area contributed by atoms with Gasteiger partial charge in [0.05, 0.1) is 4.90 Å². The van der Waals surface area contributed by atoms with E-state index in [1.54, 1.807) is 12.1 Å². The van der Waals surface area contributed by atoms with Crippen molar-refractivity contribution < 1.29 is 17.2 Å². The second kappa shape index (κ2) is 8.03. The van der Waals surface area contributed by atoms with Gasteiger partial charge in [-0.2, -0.15) is 4.31 Å². The second-order valence-corrected chi connectivity index (χ2v) is 8.82. The summed E-state index contributed by atoms with van der Waals surface area (Å²) in [6, 6.07) is 9.21. The van der Waals surface area contributed by atoms with Crippen molar-refractivity contribution in [2.75, 3.05) is 6.54 Å². The lowest BCUT2D eigenvalue weighted by atomic mass is 9.98. The predicted octanol–water partition coefficient (Wildman–Crippen LogP) is 4.79. The van der Waals surface area contributed by atoms with Gasteiger partial charge < -0.3 is 0 Å². The Morgan fingerprint density at radius 1 is 1.08 bits per heavy atom. The van der Waals surface area contributed by atoms with Crippen molar-refractivity contribution >= 4 is 21.6 Å². The molecular formula is C19H20ClF2NO2S. The summed E-state index contributed by atoms with van der Waals surface area (Å²) in [6.45, 7) is 0.424. The Bertz CT molecular complexity index is 872. The fourth-order valence-corrected chi connectivity index (χ4v) is 5.25. The Balaban J connectivity index is 1.78. The van der Waals surface area contributed by atoms with Crippen LogP contribution in [0.3, 0.4) is 0 Å². The van der Waals surface area contributed by atoms with Crippen molar-refractivity contribution in [2.24, 2.45) is 0 Å². The number of piperidine rings is 1. The highest BCUT2D eigenvalue weighted by Crippen LogP contribution is 2.28. The lowest BCUT2D eigenvalue weighted by Crippen LogP contribution is -2.43. The molecule has 3 rings (SSSR count). The van der Waals surface area contributed by atoms with Gasteiger partial charge in [-0.05, 0) is 67.6 Å². The molecule has 1 aliphatic heterocycles. The molecule has 1 unspecified atom stereocenters. The van der Waals surface area contributed by atoms with Gasteiger partial charge in [0.1, 0.15) is 11.6 Å². The number of aryl methyl sites for hydroxylation is 1. The number of rotatable bonds is 5. The summed E-state index contributed by atoms with van der Waals surface area (Å²) < 4.78 is 54.5. The van der Waals surface area contributed by atoms with Crippen molar-refractivity contribution in [1.29, 1.82) is 0 Å². The summed E-state index contributed by atoms with van der Waals surface area (Å²) in [4.78, 5) is 0.0865. The minimum atomic E-state index is -3.70. The molecule has 140 valence electrons. The van der Waals surface area contributed by atoms with E-state index in [0.29, 0.717) is 30.0 Å². The summed E-state index contributed by atoms with van der Waals surface area (Å²) in [5, 5.41) is 0.337. The summed E-state index contributed by atoms with van der Waals surface area (Å²) >= 11 is 5.77. The van der Waals surface area contributed by atoms with Gasteiger partial charge in [0.15, 0.2) is 0 Å². The van der Waals surface area contributed by atoms with Gasteiger partial charge in [-0.15, -0.1) is 0 Å². The molecule has 0 amide bonds. The molecule has 3 nitrogen and oxygen atoms in total. The van der Waals surface area contributed by atoms with E-state index in [1.807, 2.05) is 0 Å². The van der Waals surface area contributed by atoms with E-state index in [2.05, 4.69) is 0 Å². The van der Waals surface area contributed by atoms with Gasteiger partial charge in [-0.1, -0.05) is 24.1 Å². The van der Waals surface area contributed by atoms with E-state index in [-0.39, 0.29) is 16.8 Å². The molecule has 0 spiro atoms. The molecule has 7 heteroatoms. The number of hydrogen-bond acceptors (Lipinski definition) is 2. The molecule has 1 fully saturated rings. The average molecular weight is 400 g/mol. The SMILES string of the molecule is O=S(=O)(c1ccc(F)cc1)N1CCCCC1CCc1ccc(Cl)cc1F. The van der Waals surface area contributed by atoms with Gasteiger partial charge >= 0.3 is 0 Å². The Hall–Kier alpha value is -1.50. The molecule has 0 aromatic heterocycles. The normalized spacial score (nSPS) is 18.8. The smallest absolute Gasteiger partial charge is 0.207 e. The fraction of sp³-hybridized carbons (Fsp3) is 0.368. The van der Waals surface area contributed by atoms with Crippen LogP contribution >= 0.6 is 11.6 Å². The summed E-state index contributed by atoms with van der Waals surface area (Å²) in [6.07, 6.45) is 3.41. The first kappa shape index (κ1) is 19.3. The van der Waals surface area contributed by atoms with Crippen molar-refractivity contribution in [3.05, 3.63) is 64.7 Å². The van der Waals surface area contributed by atoms with Crippen LogP contribution in [0, 0.1) is 11.6 Å². The maximum atomic E-state index is 14.0. The van der Waals surface area contributed by atoms with Crippen LogP contribution in [-0.2, 0) is 16.4 Å². The first-order valence-corrected chi connectivity index (χ1v) is 10.4. The lowest BCUT2D eigenvalue weighted by Gasteiger charge is -2.34. The van der Waals surface area contributed by atoms with E-state index in [0.717, 1.165) is 31.4 Å². The zero-order valence-corrected chi connectivity index (χ0v) is 15.7. The minimum absolute atomic E-state index is 0.0865. The zero-order chi connectivity index (χ0) is 18.7. The molecule has 1 heterocycles. The van der Waals surface area contributed by atoms with Gasteiger partial charge in [-0.3, -0.25) is 0 Å². The van der Waals surface area contributed by atoms with Crippen molar-refractivity contribution in [3.63, 3.8) is 0 Å². The van der Waals surface area contributed by atoms with Crippen LogP contribution in [0.15, 0.2) is 47.4 Å². The first-order valence-electron chi connectivity index (χ1n) is 8.59. The van der Waals surface area contributed by atoms with Crippen molar-refractivity contribution in [1.82, 2.24) is 4.31 Å². The van der Waals surface area contributed by atoms with Crippen LogP contribution in [-0.4, -0.2) is 25.3 Å². The van der Waals surface area contributed by atoms with E-state index in [4.69, 9.17) is 11.6 Å². The summed E-state index contributed by atoms with van der Waals surface area (Å²) in [5.74, 6) is -0.849. The van der Waals surface area contributed by atoms with Gasteiger partial charge in [0.25, 0.3) is 0 Å². The Morgan fingerprint density at radius 3 is 2.50 bits per heavy atom. The molecule has 2 aromatic carbocycles. The maximum Gasteiger partial charge on any atom is 0.243 e. The topological polar surface area (TPSA) is 37.4 Å². The fourth-order valence-electron chi connectivity index (χ4n) is 3.37. The molecule has 0 radical (unpaired) electrons. The first-order chi connectivity index (χ1) is 12.4. The molecule has 0 bridgehead atoms. The molecule has 26 heavy (non-hydrogen) atoms. The molecule has 1 aliphatic rings. The van der Waals surface area contributed by atoms with E-state index in [9.17, 15) is 17.2 Å². The molecule has 1 saturated heterocycles. The largest absolute Gasteiger partial charge is 0.243 e. The number of halogens is 3. The number of benzene rings is 2. The molecule has 1 atom stereocenters. The van der Waals surface area contributed by atoms with Crippen molar-refractivity contribution in [3.8, 4) is 0 Å². The third-order valence-electron chi connectivity index (χ3n) is 4.76. The number of hydrogen-bond donors (Lipinski definition) is 0. The molecule has 0 N–H and O–H groups in total. The summed E-state index contributed by atoms with van der Waals surface area (Å²) in [7, 11) is -3.70. The monoisotopic (exact) mass is 399 g/mol. The second-order valence-electron chi connectivity index (χ2n) is 6.49. The van der Waals surface area contributed by atoms with Crippen LogP contribution < -0.4 is 0 Å². The van der Waals surface area contributed by atoms with Crippen LogP contribution in [0.5, 0.6) is 0 Å². The lowest BCUT2D eigenvalue weighted by molar-refractivity contribution is 0.240. The maximum absolute atomic E-state index is 14.0. The highest BCUT2D eigenvalue weighted by Gasteiger charge is 2.33. The highest BCUT2D eigenvalue weighted by molar-refractivity contribution is 7.89. The third-order valence-corrected chi connectivity index (χ3v) is 6.96. The van der Waals surface area contributed by atoms with E-state index >= 15 is 0 Å². The van der Waals surface area contributed by atoms with E-state index in [1.165, 1.54) is 22.5 Å². The van der Waals surface area contributed by atoms with Crippen LogP contribution in [0.4, 0.5) is 8.78 Å². The Kier molecular flexibility index (Phi) is 5.95. The predicted molar refractivity (Wildman–Crippen MR) is 97.7 cm³/mol. The molecule has 0 saturated carbocycles. The Labute approximate surface area is 157 Å². The zero-order valence-electron chi connectivity index (χ0n) is 14.2. The highest BCUT2D eigenvalue weighted by atomic mass is 35.5. The van der Waals surface area contributed by atoms with E-state index < -0.39 is 15.8 Å². The average Bonchev–Trinajstić information content (AvgIpc) is 2.61. The van der Waals surface area contributed by atoms with Crippen LogP contribution in [0.2, 0.25) is 5.02 Å². The van der Waals surface area contributed by atoms with Gasteiger partial charge in [0, 0.05) is 17.6 Å². The number of sulfonamides is 1. The van der Waals surface area contributed by atoms with Gasteiger partial charge in [-0.25, -0.2) is 17.2 Å². The van der Waals surface area contributed by atoms with Crippen LogP contribution in [0.1, 0.15) is 31.2 Å². The van der Waals surface area contributed by atoms with Gasteiger partial charge in [0.2, 0.25) is 10.0 Å². The standard InChI is InChI=1S/C19H20ClF2NO2S/c20-15-6-4-14(19(22)13-15)5-9-17-3-1-2-12-23(17)26(24,25)18-10-7-16(21)8-11-18/h4,6-8,10-11,13,17H,1-3,5,9,12H2. The summed E-state index contributed by atoms with van der Waals surface area (Å²) in [5.41, 5.74) is 0.527. The minimum Gasteiger partial charge on any atom is -0.207 e. The van der Waals surface area contributed by atoms with Crippen molar-refractivity contribution in [2.45, 2.75) is 43.0 Å². The molecule has 0 aliphatic carbocycles. The number of nitrogens with zero attached hydrogens (tertiary/aromatic N) is 1. The third kappa shape index (κ3) is 4.24. The quantitative estimate of drug-likeness (QED) is 0.724. The molecular weight excluding hydrogens is 380 g/mol.